The summed E-state index contributed by atoms with van der Waals surface area (Å²) in [5, 5.41) is 15.1. The number of aromatic nitrogens is 2. The van der Waals surface area contributed by atoms with Crippen molar-refractivity contribution in [3.63, 3.8) is 0 Å². The molecule has 0 aliphatic heterocycles. The van der Waals surface area contributed by atoms with Crippen LogP contribution in [-0.4, -0.2) is 28.5 Å². The minimum absolute atomic E-state index is 0.00383. The van der Waals surface area contributed by atoms with E-state index in [0.29, 0.717) is 5.89 Å². The van der Waals surface area contributed by atoms with Crippen molar-refractivity contribution in [2.75, 3.05) is 18.5 Å². The lowest BCUT2D eigenvalue weighted by atomic mass is 10.1. The Balaban J connectivity index is 2.15. The SMILES string of the molecule is CC(C)c1nc(CNc2ccc(OCCO)cc2C(F)(F)F)no1. The zero-order valence-electron chi connectivity index (χ0n) is 13.2. The van der Waals surface area contributed by atoms with Crippen molar-refractivity contribution in [3.8, 4) is 5.75 Å². The maximum atomic E-state index is 13.2. The van der Waals surface area contributed by atoms with Crippen molar-refractivity contribution in [3.05, 3.63) is 35.5 Å². The first-order valence-corrected chi connectivity index (χ1v) is 7.32. The molecule has 6 nitrogen and oxygen atoms in total. The number of anilines is 1. The summed E-state index contributed by atoms with van der Waals surface area (Å²) in [7, 11) is 0. The lowest BCUT2D eigenvalue weighted by molar-refractivity contribution is -0.137. The molecule has 0 aliphatic rings. The van der Waals surface area contributed by atoms with Gasteiger partial charge < -0.3 is 19.7 Å². The molecule has 132 valence electrons. The number of hydrogen-bond acceptors (Lipinski definition) is 6. The summed E-state index contributed by atoms with van der Waals surface area (Å²) >= 11 is 0. The fourth-order valence-electron chi connectivity index (χ4n) is 1.91. The second-order valence-corrected chi connectivity index (χ2v) is 5.33. The van der Waals surface area contributed by atoms with E-state index in [1.54, 1.807) is 0 Å². The van der Waals surface area contributed by atoms with Crippen molar-refractivity contribution in [1.29, 1.82) is 0 Å². The summed E-state index contributed by atoms with van der Waals surface area (Å²) in [5.41, 5.74) is -0.986. The van der Waals surface area contributed by atoms with Gasteiger partial charge in [-0.1, -0.05) is 19.0 Å². The van der Waals surface area contributed by atoms with Gasteiger partial charge in [0.25, 0.3) is 0 Å². The lowest BCUT2D eigenvalue weighted by Crippen LogP contribution is -2.12. The second-order valence-electron chi connectivity index (χ2n) is 5.33. The van der Waals surface area contributed by atoms with Gasteiger partial charge >= 0.3 is 6.18 Å². The lowest BCUT2D eigenvalue weighted by Gasteiger charge is -2.15. The first-order chi connectivity index (χ1) is 11.3. The maximum absolute atomic E-state index is 13.2. The number of aliphatic hydroxyl groups excluding tert-OH is 1. The molecular formula is C15H18F3N3O3. The molecule has 0 radical (unpaired) electrons. The highest BCUT2D eigenvalue weighted by Crippen LogP contribution is 2.37. The molecule has 0 spiro atoms. The average molecular weight is 345 g/mol. The van der Waals surface area contributed by atoms with Crippen LogP contribution in [0.4, 0.5) is 18.9 Å². The van der Waals surface area contributed by atoms with Crippen LogP contribution in [0, 0.1) is 0 Å². The first kappa shape index (κ1) is 18.1. The van der Waals surface area contributed by atoms with Gasteiger partial charge in [0, 0.05) is 11.6 Å². The summed E-state index contributed by atoms with van der Waals surface area (Å²) in [6.45, 7) is 3.38. The largest absolute Gasteiger partial charge is 0.491 e. The van der Waals surface area contributed by atoms with Crippen LogP contribution in [0.3, 0.4) is 0 Å². The Bertz CT molecular complexity index is 671. The third-order valence-electron chi connectivity index (χ3n) is 3.07. The number of rotatable bonds is 7. The molecule has 1 aromatic carbocycles. The topological polar surface area (TPSA) is 80.4 Å². The minimum Gasteiger partial charge on any atom is -0.491 e. The van der Waals surface area contributed by atoms with Gasteiger partial charge in [-0.3, -0.25) is 0 Å². The molecule has 1 heterocycles. The van der Waals surface area contributed by atoms with Crippen LogP contribution < -0.4 is 10.1 Å². The van der Waals surface area contributed by atoms with Gasteiger partial charge in [0.15, 0.2) is 5.82 Å². The van der Waals surface area contributed by atoms with Gasteiger partial charge in [0.05, 0.1) is 18.7 Å². The second kappa shape index (κ2) is 7.52. The normalized spacial score (nSPS) is 11.8. The third-order valence-corrected chi connectivity index (χ3v) is 3.07. The van der Waals surface area contributed by atoms with Gasteiger partial charge in [0.1, 0.15) is 12.4 Å². The summed E-state index contributed by atoms with van der Waals surface area (Å²) in [5.74, 6) is 0.770. The number of nitrogens with one attached hydrogen (secondary N) is 1. The predicted octanol–water partition coefficient (Wildman–Crippen LogP) is 3.20. The Labute approximate surface area is 136 Å². The average Bonchev–Trinajstić information content (AvgIpc) is 2.99. The van der Waals surface area contributed by atoms with Crippen LogP contribution in [0.2, 0.25) is 0 Å². The standard InChI is InChI=1S/C15H18F3N3O3/c1-9(2)14-20-13(21-24-14)8-19-12-4-3-10(23-6-5-22)7-11(12)15(16,17)18/h3-4,7,9,19,22H,5-6,8H2,1-2H3. The smallest absolute Gasteiger partial charge is 0.418 e. The number of halogens is 3. The summed E-state index contributed by atoms with van der Waals surface area (Å²) in [6.07, 6.45) is -4.55. The van der Waals surface area contributed by atoms with E-state index in [4.69, 9.17) is 14.4 Å². The van der Waals surface area contributed by atoms with Gasteiger partial charge in [-0.2, -0.15) is 18.2 Å². The van der Waals surface area contributed by atoms with Crippen molar-refractivity contribution in [2.24, 2.45) is 0 Å². The number of hydrogen-bond donors (Lipinski definition) is 2. The first-order valence-electron chi connectivity index (χ1n) is 7.32. The van der Waals surface area contributed by atoms with E-state index in [1.165, 1.54) is 12.1 Å². The van der Waals surface area contributed by atoms with E-state index in [1.807, 2.05) is 13.8 Å². The Morgan fingerprint density at radius 1 is 1.33 bits per heavy atom. The number of alkyl halides is 3. The predicted molar refractivity (Wildman–Crippen MR) is 79.7 cm³/mol. The van der Waals surface area contributed by atoms with Crippen LogP contribution >= 0.6 is 0 Å². The van der Waals surface area contributed by atoms with Crippen molar-refractivity contribution >= 4 is 5.69 Å². The Kier molecular flexibility index (Phi) is 5.66. The van der Waals surface area contributed by atoms with Gasteiger partial charge in [-0.15, -0.1) is 0 Å². The number of benzene rings is 1. The number of nitrogens with zero attached hydrogens (tertiary/aromatic N) is 2. The molecule has 0 fully saturated rings. The minimum atomic E-state index is -4.55. The van der Waals surface area contributed by atoms with Crippen LogP contribution in [0.1, 0.15) is 37.0 Å². The zero-order chi connectivity index (χ0) is 17.7. The summed E-state index contributed by atoms with van der Waals surface area (Å²) in [6, 6.07) is 3.54. The highest BCUT2D eigenvalue weighted by molar-refractivity contribution is 5.55. The molecule has 0 saturated carbocycles. The Morgan fingerprint density at radius 2 is 2.08 bits per heavy atom. The molecule has 24 heavy (non-hydrogen) atoms. The van der Waals surface area contributed by atoms with Crippen LogP contribution in [0.25, 0.3) is 0 Å². The van der Waals surface area contributed by atoms with Crippen molar-refractivity contribution < 1.29 is 27.5 Å². The molecule has 0 bridgehead atoms. The molecule has 9 heteroatoms. The number of aliphatic hydroxyl groups is 1. The third kappa shape index (κ3) is 4.60. The Morgan fingerprint density at radius 3 is 2.67 bits per heavy atom. The van der Waals surface area contributed by atoms with E-state index in [2.05, 4.69) is 15.5 Å². The van der Waals surface area contributed by atoms with Gasteiger partial charge in [-0.25, -0.2) is 0 Å². The molecule has 0 unspecified atom stereocenters. The van der Waals surface area contributed by atoms with E-state index in [-0.39, 0.29) is 42.9 Å². The molecule has 0 aliphatic carbocycles. The summed E-state index contributed by atoms with van der Waals surface area (Å²) in [4.78, 5) is 4.10. The molecule has 2 N–H and O–H groups in total. The van der Waals surface area contributed by atoms with E-state index >= 15 is 0 Å². The highest BCUT2D eigenvalue weighted by Gasteiger charge is 2.34. The zero-order valence-corrected chi connectivity index (χ0v) is 13.2. The van der Waals surface area contributed by atoms with Crippen LogP contribution in [0.15, 0.2) is 22.7 Å². The van der Waals surface area contributed by atoms with Gasteiger partial charge in [0.2, 0.25) is 5.89 Å². The van der Waals surface area contributed by atoms with Crippen molar-refractivity contribution in [2.45, 2.75) is 32.5 Å². The molecule has 1 aromatic heterocycles. The molecule has 0 saturated heterocycles. The Hall–Kier alpha value is -2.29. The van der Waals surface area contributed by atoms with Gasteiger partial charge in [-0.05, 0) is 18.2 Å². The monoisotopic (exact) mass is 345 g/mol. The van der Waals surface area contributed by atoms with E-state index in [0.717, 1.165) is 6.07 Å². The fraction of sp³-hybridized carbons (Fsp3) is 0.467. The molecular weight excluding hydrogens is 327 g/mol. The summed E-state index contributed by atoms with van der Waals surface area (Å²) < 4.78 is 49.6. The maximum Gasteiger partial charge on any atom is 0.418 e. The van der Waals surface area contributed by atoms with E-state index < -0.39 is 11.7 Å². The van der Waals surface area contributed by atoms with E-state index in [9.17, 15) is 13.2 Å². The molecule has 2 aromatic rings. The molecule has 2 rings (SSSR count). The van der Waals surface area contributed by atoms with Crippen LogP contribution in [0.5, 0.6) is 5.75 Å². The number of ether oxygens (including phenoxy) is 1. The highest BCUT2D eigenvalue weighted by atomic mass is 19.4. The van der Waals surface area contributed by atoms with Crippen molar-refractivity contribution in [1.82, 2.24) is 10.1 Å². The quantitative estimate of drug-likeness (QED) is 0.802. The molecule has 0 amide bonds. The fourth-order valence-corrected chi connectivity index (χ4v) is 1.91. The molecule has 0 atom stereocenters. The van der Waals surface area contributed by atoms with Crippen LogP contribution in [-0.2, 0) is 12.7 Å².